The zero-order valence-electron chi connectivity index (χ0n) is 13.1. The lowest BCUT2D eigenvalue weighted by Gasteiger charge is -2.34. The van der Waals surface area contributed by atoms with Crippen LogP contribution in [0.25, 0.3) is 0 Å². The van der Waals surface area contributed by atoms with E-state index >= 15 is 0 Å². The van der Waals surface area contributed by atoms with Crippen molar-refractivity contribution in [3.8, 4) is 0 Å². The van der Waals surface area contributed by atoms with E-state index in [2.05, 4.69) is 12.1 Å². The molecule has 5 nitrogen and oxygen atoms in total. The van der Waals surface area contributed by atoms with Gasteiger partial charge in [-0.25, -0.2) is 0 Å². The first-order valence-corrected chi connectivity index (χ1v) is 7.78. The molecule has 3 aliphatic rings. The van der Waals surface area contributed by atoms with E-state index < -0.39 is 5.79 Å². The smallest absolute Gasteiger partial charge is 0.164 e. The molecule has 1 aromatic carbocycles. The maximum Gasteiger partial charge on any atom is 0.164 e. The van der Waals surface area contributed by atoms with Crippen molar-refractivity contribution in [1.82, 2.24) is 0 Å². The van der Waals surface area contributed by atoms with Gasteiger partial charge in [0, 0.05) is 7.11 Å². The Morgan fingerprint density at radius 2 is 1.68 bits per heavy atom. The predicted molar refractivity (Wildman–Crippen MR) is 78.3 cm³/mol. The molecule has 2 heterocycles. The van der Waals surface area contributed by atoms with Crippen LogP contribution in [-0.4, -0.2) is 49.5 Å². The minimum absolute atomic E-state index is 0.0459. The van der Waals surface area contributed by atoms with E-state index in [4.69, 9.17) is 23.7 Å². The quantitative estimate of drug-likeness (QED) is 0.795. The summed E-state index contributed by atoms with van der Waals surface area (Å²) in [7, 11) is 1.70. The van der Waals surface area contributed by atoms with Crippen LogP contribution in [0.15, 0.2) is 30.3 Å². The Kier molecular flexibility index (Phi) is 3.51. The van der Waals surface area contributed by atoms with Crippen LogP contribution in [0.2, 0.25) is 0 Å². The fourth-order valence-corrected chi connectivity index (χ4v) is 3.59. The number of fused-ring (bicyclic) bond motifs is 3. The SMILES string of the molecule is CO[C@@H]1[C@H](OCc2ccccc2)[C@H]2OC(C)(C)O[C@H]2[C@@H]2O[C@H]12. The van der Waals surface area contributed by atoms with Gasteiger partial charge in [0.2, 0.25) is 0 Å². The molecule has 0 aromatic heterocycles. The topological polar surface area (TPSA) is 49.5 Å². The highest BCUT2D eigenvalue weighted by Gasteiger charge is 2.67. The fourth-order valence-electron chi connectivity index (χ4n) is 3.59. The zero-order chi connectivity index (χ0) is 15.3. The summed E-state index contributed by atoms with van der Waals surface area (Å²) in [5.41, 5.74) is 1.13. The van der Waals surface area contributed by atoms with Crippen LogP contribution >= 0.6 is 0 Å². The summed E-state index contributed by atoms with van der Waals surface area (Å²) in [5.74, 6) is -0.608. The van der Waals surface area contributed by atoms with E-state index in [1.807, 2.05) is 32.0 Å². The molecular weight excluding hydrogens is 284 g/mol. The van der Waals surface area contributed by atoms with Gasteiger partial charge in [0.25, 0.3) is 0 Å². The molecule has 2 aliphatic heterocycles. The van der Waals surface area contributed by atoms with Gasteiger partial charge in [-0.2, -0.15) is 0 Å². The van der Waals surface area contributed by atoms with Crippen molar-refractivity contribution < 1.29 is 23.7 Å². The Morgan fingerprint density at radius 3 is 2.41 bits per heavy atom. The Hall–Kier alpha value is -0.980. The minimum atomic E-state index is -0.608. The second-order valence-electron chi connectivity index (χ2n) is 6.59. The molecule has 6 atom stereocenters. The summed E-state index contributed by atoms with van der Waals surface area (Å²) in [6.45, 7) is 4.38. The summed E-state index contributed by atoms with van der Waals surface area (Å²) < 4.78 is 29.6. The number of benzene rings is 1. The molecule has 0 unspecified atom stereocenters. The van der Waals surface area contributed by atoms with Crippen molar-refractivity contribution in [1.29, 1.82) is 0 Å². The normalized spacial score (nSPS) is 41.8. The van der Waals surface area contributed by atoms with Gasteiger partial charge < -0.3 is 23.7 Å². The molecule has 0 N–H and O–H groups in total. The van der Waals surface area contributed by atoms with Crippen LogP contribution in [0.4, 0.5) is 0 Å². The van der Waals surface area contributed by atoms with E-state index in [9.17, 15) is 0 Å². The zero-order valence-corrected chi connectivity index (χ0v) is 13.1. The number of rotatable bonds is 4. The van der Waals surface area contributed by atoms with E-state index in [1.165, 1.54) is 0 Å². The Morgan fingerprint density at radius 1 is 0.955 bits per heavy atom. The number of methoxy groups -OCH3 is 1. The number of epoxide rings is 1. The number of ether oxygens (including phenoxy) is 5. The van der Waals surface area contributed by atoms with E-state index in [0.717, 1.165) is 5.56 Å². The standard InChI is InChI=1S/C17H22O5/c1-17(2)21-15-12(19-9-10-7-5-4-6-8-10)11(18-3)13-14(20-13)16(15)22-17/h4-8,11-16H,9H2,1-3H3/t11-,12+,13-,14-,15-,16+/m1/s1. The molecule has 2 saturated heterocycles. The molecule has 5 heteroatoms. The van der Waals surface area contributed by atoms with Gasteiger partial charge in [0.1, 0.15) is 36.6 Å². The molecule has 0 amide bonds. The van der Waals surface area contributed by atoms with Gasteiger partial charge in [-0.1, -0.05) is 30.3 Å². The van der Waals surface area contributed by atoms with E-state index in [1.54, 1.807) is 7.11 Å². The predicted octanol–water partition coefficient (Wildman–Crippen LogP) is 1.89. The first-order chi connectivity index (χ1) is 10.6. The molecule has 1 aliphatic carbocycles. The third-order valence-electron chi connectivity index (χ3n) is 4.58. The Bertz CT molecular complexity index is 531. The van der Waals surface area contributed by atoms with Gasteiger partial charge in [0.05, 0.1) is 6.61 Å². The van der Waals surface area contributed by atoms with Gasteiger partial charge in [0.15, 0.2) is 5.79 Å². The summed E-state index contributed by atoms with van der Waals surface area (Å²) in [6, 6.07) is 10.1. The summed E-state index contributed by atoms with van der Waals surface area (Å²) in [6.07, 6.45) is -0.439. The van der Waals surface area contributed by atoms with Crippen molar-refractivity contribution in [2.75, 3.05) is 7.11 Å². The first kappa shape index (κ1) is 14.6. The van der Waals surface area contributed by atoms with Crippen LogP contribution in [0, 0.1) is 0 Å². The molecule has 0 bridgehead atoms. The van der Waals surface area contributed by atoms with Crippen LogP contribution in [0.1, 0.15) is 19.4 Å². The van der Waals surface area contributed by atoms with Crippen molar-refractivity contribution in [3.63, 3.8) is 0 Å². The maximum atomic E-state index is 6.17. The highest BCUT2D eigenvalue weighted by molar-refractivity contribution is 5.15. The molecule has 0 radical (unpaired) electrons. The molecule has 1 aromatic rings. The molecule has 1 saturated carbocycles. The van der Waals surface area contributed by atoms with Crippen molar-refractivity contribution in [2.45, 2.75) is 62.9 Å². The van der Waals surface area contributed by atoms with Gasteiger partial charge in [-0.3, -0.25) is 0 Å². The van der Waals surface area contributed by atoms with Crippen molar-refractivity contribution in [2.24, 2.45) is 0 Å². The Balaban J connectivity index is 1.52. The molecule has 0 spiro atoms. The average molecular weight is 306 g/mol. The lowest BCUT2D eigenvalue weighted by atomic mass is 9.89. The van der Waals surface area contributed by atoms with Crippen molar-refractivity contribution in [3.05, 3.63) is 35.9 Å². The third kappa shape index (κ3) is 2.47. The Labute approximate surface area is 130 Å². The summed E-state index contributed by atoms with van der Waals surface area (Å²) >= 11 is 0. The lowest BCUT2D eigenvalue weighted by molar-refractivity contribution is -0.176. The van der Waals surface area contributed by atoms with Crippen molar-refractivity contribution >= 4 is 0 Å². The summed E-state index contributed by atoms with van der Waals surface area (Å²) in [4.78, 5) is 0. The van der Waals surface area contributed by atoms with E-state index in [0.29, 0.717) is 6.61 Å². The minimum Gasteiger partial charge on any atom is -0.376 e. The third-order valence-corrected chi connectivity index (χ3v) is 4.58. The van der Waals surface area contributed by atoms with Crippen LogP contribution in [-0.2, 0) is 30.3 Å². The van der Waals surface area contributed by atoms with E-state index in [-0.39, 0.29) is 36.6 Å². The molecule has 22 heavy (non-hydrogen) atoms. The number of hydrogen-bond donors (Lipinski definition) is 0. The molecule has 4 rings (SSSR count). The highest BCUT2D eigenvalue weighted by Crippen LogP contribution is 2.48. The van der Waals surface area contributed by atoms with Crippen LogP contribution in [0.3, 0.4) is 0 Å². The summed E-state index contributed by atoms with van der Waals surface area (Å²) in [5, 5.41) is 0. The lowest BCUT2D eigenvalue weighted by Crippen LogP contribution is -2.54. The van der Waals surface area contributed by atoms with Gasteiger partial charge in [-0.05, 0) is 19.4 Å². The largest absolute Gasteiger partial charge is 0.376 e. The molecule has 3 fully saturated rings. The second kappa shape index (κ2) is 5.28. The first-order valence-electron chi connectivity index (χ1n) is 7.78. The fraction of sp³-hybridized carbons (Fsp3) is 0.647. The van der Waals surface area contributed by atoms with Crippen LogP contribution in [0.5, 0.6) is 0 Å². The number of hydrogen-bond acceptors (Lipinski definition) is 5. The van der Waals surface area contributed by atoms with Gasteiger partial charge in [-0.15, -0.1) is 0 Å². The monoisotopic (exact) mass is 306 g/mol. The molecule has 120 valence electrons. The molecular formula is C17H22O5. The second-order valence-corrected chi connectivity index (χ2v) is 6.59. The van der Waals surface area contributed by atoms with Crippen LogP contribution < -0.4 is 0 Å². The average Bonchev–Trinajstić information content (AvgIpc) is 3.22. The van der Waals surface area contributed by atoms with Gasteiger partial charge >= 0.3 is 0 Å². The maximum absolute atomic E-state index is 6.17. The highest BCUT2D eigenvalue weighted by atomic mass is 16.8.